The molecule has 2 aromatic carbocycles. The van der Waals surface area contributed by atoms with Crippen LogP contribution in [0.3, 0.4) is 0 Å². The topological polar surface area (TPSA) is 52.6 Å². The molecule has 0 heterocycles. The van der Waals surface area contributed by atoms with Gasteiger partial charge in [0.1, 0.15) is 5.75 Å². The summed E-state index contributed by atoms with van der Waals surface area (Å²) in [5, 5.41) is 0. The van der Waals surface area contributed by atoms with Crippen molar-refractivity contribution >= 4 is 12.3 Å². The fraction of sp³-hybridized carbons (Fsp3) is 0.333. The van der Waals surface area contributed by atoms with E-state index < -0.39 is 23.1 Å². The largest absolute Gasteiger partial charge is 0.496 e. The minimum Gasteiger partial charge on any atom is -0.496 e. The normalized spacial score (nSPS) is 11.8. The number of carbonyl (C=O) groups is 2. The molecule has 0 radical (unpaired) electrons. The molecular formula is C21H21F3O4. The highest BCUT2D eigenvalue weighted by Crippen LogP contribution is 2.44. The summed E-state index contributed by atoms with van der Waals surface area (Å²) in [5.41, 5.74) is -1.84. The highest BCUT2D eigenvalue weighted by atomic mass is 19.4. The first-order valence-corrected chi connectivity index (χ1v) is 8.59. The van der Waals surface area contributed by atoms with Crippen molar-refractivity contribution < 1.29 is 32.2 Å². The van der Waals surface area contributed by atoms with Gasteiger partial charge in [0.2, 0.25) is 0 Å². The van der Waals surface area contributed by atoms with Gasteiger partial charge in [-0.15, -0.1) is 0 Å². The van der Waals surface area contributed by atoms with Crippen LogP contribution in [-0.4, -0.2) is 26.0 Å². The molecule has 0 N–H and O–H groups in total. The smallest absolute Gasteiger partial charge is 0.416 e. The SMILES string of the molecule is CCOC(=O)C(C)(C)c1cc(-c2ccccc2C=O)c(OC)cc1C(F)(F)F. The molecule has 0 aliphatic heterocycles. The Balaban J connectivity index is 2.86. The number of halogens is 3. The lowest BCUT2D eigenvalue weighted by molar-refractivity contribution is -0.150. The second kappa shape index (κ2) is 8.04. The van der Waals surface area contributed by atoms with Gasteiger partial charge in [-0.2, -0.15) is 13.2 Å². The number of rotatable bonds is 6. The first-order valence-electron chi connectivity index (χ1n) is 8.59. The van der Waals surface area contributed by atoms with E-state index in [0.29, 0.717) is 17.4 Å². The van der Waals surface area contributed by atoms with Crippen molar-refractivity contribution in [3.63, 3.8) is 0 Å². The molecular weight excluding hydrogens is 373 g/mol. The van der Waals surface area contributed by atoms with E-state index in [0.717, 1.165) is 6.07 Å². The minimum atomic E-state index is -4.71. The van der Waals surface area contributed by atoms with Crippen molar-refractivity contribution in [2.24, 2.45) is 0 Å². The third-order valence-corrected chi connectivity index (χ3v) is 4.48. The van der Waals surface area contributed by atoms with Gasteiger partial charge in [-0.05, 0) is 44.0 Å². The molecule has 0 saturated carbocycles. The third-order valence-electron chi connectivity index (χ3n) is 4.48. The van der Waals surface area contributed by atoms with Gasteiger partial charge in [0, 0.05) is 11.1 Å². The third kappa shape index (κ3) is 4.03. The standard InChI is InChI=1S/C21H21F3O4/c1-5-28-19(26)20(2,3)16-10-15(14-9-7-6-8-13(14)12-25)18(27-4)11-17(16)21(22,23)24/h6-12H,5H2,1-4H3. The highest BCUT2D eigenvalue weighted by molar-refractivity contribution is 5.91. The van der Waals surface area contributed by atoms with E-state index in [2.05, 4.69) is 0 Å². The lowest BCUT2D eigenvalue weighted by atomic mass is 9.79. The van der Waals surface area contributed by atoms with Crippen molar-refractivity contribution in [3.8, 4) is 16.9 Å². The van der Waals surface area contributed by atoms with Crippen molar-refractivity contribution in [2.75, 3.05) is 13.7 Å². The number of methoxy groups -OCH3 is 1. The molecule has 0 aromatic heterocycles. The maximum atomic E-state index is 13.8. The first kappa shape index (κ1) is 21.5. The average molecular weight is 394 g/mol. The summed E-state index contributed by atoms with van der Waals surface area (Å²) in [4.78, 5) is 23.8. The van der Waals surface area contributed by atoms with Gasteiger partial charge in [-0.1, -0.05) is 24.3 Å². The van der Waals surface area contributed by atoms with E-state index in [1.807, 2.05) is 0 Å². The van der Waals surface area contributed by atoms with Gasteiger partial charge in [0.25, 0.3) is 0 Å². The Hall–Kier alpha value is -2.83. The van der Waals surface area contributed by atoms with E-state index in [4.69, 9.17) is 9.47 Å². The molecule has 0 fully saturated rings. The molecule has 4 nitrogen and oxygen atoms in total. The fourth-order valence-electron chi connectivity index (χ4n) is 2.98. The molecule has 0 spiro atoms. The maximum Gasteiger partial charge on any atom is 0.416 e. The summed E-state index contributed by atoms with van der Waals surface area (Å²) in [6.45, 7) is 4.37. The lowest BCUT2D eigenvalue weighted by Gasteiger charge is -2.28. The quantitative estimate of drug-likeness (QED) is 0.509. The number of hydrogen-bond donors (Lipinski definition) is 0. The van der Waals surface area contributed by atoms with Crippen LogP contribution >= 0.6 is 0 Å². The molecule has 0 aliphatic carbocycles. The van der Waals surface area contributed by atoms with Crippen LogP contribution < -0.4 is 4.74 Å². The second-order valence-corrected chi connectivity index (χ2v) is 6.65. The molecule has 2 rings (SSSR count). The van der Waals surface area contributed by atoms with E-state index in [-0.39, 0.29) is 23.5 Å². The summed E-state index contributed by atoms with van der Waals surface area (Å²) in [5.74, 6) is -0.828. The van der Waals surface area contributed by atoms with Crippen LogP contribution in [0.2, 0.25) is 0 Å². The Bertz CT molecular complexity index is 886. The van der Waals surface area contributed by atoms with Crippen LogP contribution in [0.4, 0.5) is 13.2 Å². The zero-order chi connectivity index (χ0) is 21.1. The lowest BCUT2D eigenvalue weighted by Crippen LogP contribution is -2.33. The van der Waals surface area contributed by atoms with Crippen LogP contribution in [0.15, 0.2) is 36.4 Å². The highest BCUT2D eigenvalue weighted by Gasteiger charge is 2.42. The molecule has 150 valence electrons. The van der Waals surface area contributed by atoms with Gasteiger partial charge < -0.3 is 9.47 Å². The zero-order valence-corrected chi connectivity index (χ0v) is 16.0. The Labute approximate surface area is 161 Å². The van der Waals surface area contributed by atoms with Gasteiger partial charge in [-0.3, -0.25) is 9.59 Å². The number of benzene rings is 2. The van der Waals surface area contributed by atoms with Crippen LogP contribution in [0.25, 0.3) is 11.1 Å². The Morgan fingerprint density at radius 1 is 1.07 bits per heavy atom. The summed E-state index contributed by atoms with van der Waals surface area (Å²) in [6, 6.07) is 8.57. The molecule has 0 bridgehead atoms. The molecule has 0 amide bonds. The number of aldehydes is 1. The van der Waals surface area contributed by atoms with Gasteiger partial charge in [0.15, 0.2) is 6.29 Å². The molecule has 0 unspecified atom stereocenters. The summed E-state index contributed by atoms with van der Waals surface area (Å²) < 4.78 is 51.4. The maximum absolute atomic E-state index is 13.8. The van der Waals surface area contributed by atoms with Crippen LogP contribution in [0.1, 0.15) is 42.3 Å². The Kier molecular flexibility index (Phi) is 6.17. The van der Waals surface area contributed by atoms with Crippen molar-refractivity contribution in [1.82, 2.24) is 0 Å². The van der Waals surface area contributed by atoms with Crippen LogP contribution in [0.5, 0.6) is 5.75 Å². The predicted octanol–water partition coefficient (Wildman–Crippen LogP) is 5.03. The van der Waals surface area contributed by atoms with E-state index in [9.17, 15) is 22.8 Å². The first-order chi connectivity index (χ1) is 13.1. The van der Waals surface area contributed by atoms with Crippen LogP contribution in [0, 0.1) is 0 Å². The minimum absolute atomic E-state index is 0.0423. The monoisotopic (exact) mass is 394 g/mol. The Morgan fingerprint density at radius 2 is 1.71 bits per heavy atom. The average Bonchev–Trinajstić information content (AvgIpc) is 2.66. The fourth-order valence-corrected chi connectivity index (χ4v) is 2.98. The van der Waals surface area contributed by atoms with Gasteiger partial charge >= 0.3 is 12.1 Å². The van der Waals surface area contributed by atoms with E-state index in [1.54, 1.807) is 31.2 Å². The Morgan fingerprint density at radius 3 is 2.25 bits per heavy atom. The number of ether oxygens (including phenoxy) is 2. The summed E-state index contributed by atoms with van der Waals surface area (Å²) in [7, 11) is 1.25. The summed E-state index contributed by atoms with van der Waals surface area (Å²) >= 11 is 0. The van der Waals surface area contributed by atoms with Gasteiger partial charge in [0.05, 0.1) is 24.7 Å². The molecule has 2 aromatic rings. The van der Waals surface area contributed by atoms with Crippen LogP contribution in [-0.2, 0) is 21.1 Å². The number of esters is 1. The number of carbonyl (C=O) groups excluding carboxylic acids is 2. The molecule has 0 atom stereocenters. The van der Waals surface area contributed by atoms with Crippen molar-refractivity contribution in [2.45, 2.75) is 32.4 Å². The zero-order valence-electron chi connectivity index (χ0n) is 16.0. The molecule has 0 aliphatic rings. The number of hydrogen-bond acceptors (Lipinski definition) is 4. The van der Waals surface area contributed by atoms with Crippen molar-refractivity contribution in [1.29, 1.82) is 0 Å². The molecule has 28 heavy (non-hydrogen) atoms. The second-order valence-electron chi connectivity index (χ2n) is 6.65. The van der Waals surface area contributed by atoms with E-state index in [1.165, 1.54) is 27.0 Å². The van der Waals surface area contributed by atoms with E-state index >= 15 is 0 Å². The summed E-state index contributed by atoms with van der Waals surface area (Å²) in [6.07, 6.45) is -4.10. The predicted molar refractivity (Wildman–Crippen MR) is 98.5 cm³/mol. The number of alkyl halides is 3. The molecule has 7 heteroatoms. The molecule has 0 saturated heterocycles. The van der Waals surface area contributed by atoms with Gasteiger partial charge in [-0.25, -0.2) is 0 Å². The van der Waals surface area contributed by atoms with Crippen molar-refractivity contribution in [3.05, 3.63) is 53.1 Å².